The second-order valence-electron chi connectivity index (χ2n) is 9.32. The van der Waals surface area contributed by atoms with Gasteiger partial charge in [0.15, 0.2) is 11.5 Å². The third-order valence-corrected chi connectivity index (χ3v) is 6.69. The maximum atomic E-state index is 10.4. The summed E-state index contributed by atoms with van der Waals surface area (Å²) in [6.45, 7) is 1.23. The van der Waals surface area contributed by atoms with E-state index in [1.807, 2.05) is 54.6 Å². The van der Waals surface area contributed by atoms with Crippen molar-refractivity contribution in [3.05, 3.63) is 131 Å². The van der Waals surface area contributed by atoms with E-state index in [2.05, 4.69) is 35.2 Å². The average molecular weight is 532 g/mol. The van der Waals surface area contributed by atoms with Gasteiger partial charge in [-0.25, -0.2) is 4.99 Å². The van der Waals surface area contributed by atoms with Crippen molar-refractivity contribution in [1.82, 2.24) is 4.90 Å². The van der Waals surface area contributed by atoms with Gasteiger partial charge in [-0.3, -0.25) is 0 Å². The fourth-order valence-electron chi connectivity index (χ4n) is 4.78. The number of ether oxygens (including phenoxy) is 3. The molecule has 5 rings (SSSR count). The van der Waals surface area contributed by atoms with Crippen LogP contribution in [-0.4, -0.2) is 30.6 Å². The predicted octanol–water partition coefficient (Wildman–Crippen LogP) is 6.40. The lowest BCUT2D eigenvalue weighted by Crippen LogP contribution is -2.22. The smallest absolute Gasteiger partial charge is 0.235 e. The summed E-state index contributed by atoms with van der Waals surface area (Å²) in [5.41, 5.74) is 4.15. The number of hydrogen-bond donors (Lipinski definition) is 1. The van der Waals surface area contributed by atoms with Gasteiger partial charge in [0.05, 0.1) is 26.5 Å². The molecule has 7 nitrogen and oxygen atoms in total. The summed E-state index contributed by atoms with van der Waals surface area (Å²) in [5, 5.41) is 20.6. The van der Waals surface area contributed by atoms with E-state index in [0.29, 0.717) is 35.9 Å². The van der Waals surface area contributed by atoms with Crippen LogP contribution in [0.2, 0.25) is 0 Å². The lowest BCUT2D eigenvalue weighted by atomic mass is 9.83. The molecule has 0 radical (unpaired) electrons. The fourth-order valence-corrected chi connectivity index (χ4v) is 4.78. The van der Waals surface area contributed by atoms with Crippen molar-refractivity contribution in [2.45, 2.75) is 19.0 Å². The van der Waals surface area contributed by atoms with Gasteiger partial charge in [0, 0.05) is 24.7 Å². The number of nitrogens with zero attached hydrogens (tertiary/aromatic N) is 3. The second kappa shape index (κ2) is 12.1. The Kier molecular flexibility index (Phi) is 7.98. The highest BCUT2D eigenvalue weighted by atomic mass is 16.5. The van der Waals surface area contributed by atoms with Crippen LogP contribution in [0.4, 0.5) is 0 Å². The number of fused-ring (bicyclic) bond motifs is 1. The molecule has 4 aromatic carbocycles. The normalized spacial score (nSPS) is 14.3. The van der Waals surface area contributed by atoms with Crippen LogP contribution in [0.15, 0.2) is 114 Å². The molecule has 0 aromatic heterocycles. The third-order valence-electron chi connectivity index (χ3n) is 6.69. The predicted molar refractivity (Wildman–Crippen MR) is 153 cm³/mol. The zero-order valence-electron chi connectivity index (χ0n) is 22.3. The molecule has 1 aliphatic heterocycles. The van der Waals surface area contributed by atoms with Gasteiger partial charge in [0.25, 0.3) is 0 Å². The Hall–Kier alpha value is -5.22. The van der Waals surface area contributed by atoms with Gasteiger partial charge in [-0.2, -0.15) is 5.26 Å². The lowest BCUT2D eigenvalue weighted by molar-refractivity contribution is 0.354. The summed E-state index contributed by atoms with van der Waals surface area (Å²) in [6.07, 6.45) is 1.71. The fraction of sp³-hybridized carbons (Fsp3) is 0.152. The number of phenols is 1. The summed E-state index contributed by atoms with van der Waals surface area (Å²) in [6, 6.07) is 33.0. The molecule has 1 heterocycles. The van der Waals surface area contributed by atoms with Gasteiger partial charge < -0.3 is 24.2 Å². The molecule has 1 N–H and O–H groups in total. The Morgan fingerprint density at radius 1 is 0.875 bits per heavy atom. The maximum absolute atomic E-state index is 10.4. The van der Waals surface area contributed by atoms with Gasteiger partial charge in [0.2, 0.25) is 5.88 Å². The van der Waals surface area contributed by atoms with Crippen molar-refractivity contribution in [3.63, 3.8) is 0 Å². The van der Waals surface area contributed by atoms with E-state index in [9.17, 15) is 10.4 Å². The number of rotatable bonds is 9. The summed E-state index contributed by atoms with van der Waals surface area (Å²) in [7, 11) is 3.15. The number of hydrogen-bond acceptors (Lipinski definition) is 6. The highest BCUT2D eigenvalue weighted by Gasteiger charge is 2.32. The first kappa shape index (κ1) is 26.4. The molecule has 7 heteroatoms. The van der Waals surface area contributed by atoms with E-state index < -0.39 is 5.92 Å². The van der Waals surface area contributed by atoms with Crippen molar-refractivity contribution in [2.75, 3.05) is 14.2 Å². The van der Waals surface area contributed by atoms with Crippen LogP contribution in [-0.2, 0) is 13.1 Å². The van der Waals surface area contributed by atoms with Crippen molar-refractivity contribution in [1.29, 1.82) is 5.26 Å². The second-order valence-corrected chi connectivity index (χ2v) is 9.32. The number of benzene rings is 4. The van der Waals surface area contributed by atoms with Gasteiger partial charge in [0.1, 0.15) is 23.1 Å². The highest BCUT2D eigenvalue weighted by molar-refractivity contribution is 5.62. The molecule has 4 aromatic rings. The Bertz CT molecular complexity index is 1540. The minimum absolute atomic E-state index is 0.0586. The molecule has 1 aliphatic rings. The molecule has 1 atom stereocenters. The van der Waals surface area contributed by atoms with Crippen LogP contribution in [0.5, 0.6) is 23.0 Å². The molecule has 40 heavy (non-hydrogen) atoms. The molecule has 0 saturated carbocycles. The summed E-state index contributed by atoms with van der Waals surface area (Å²) in [5.74, 6) is 1.31. The Balaban J connectivity index is 1.56. The van der Waals surface area contributed by atoms with Crippen LogP contribution in [0, 0.1) is 11.3 Å². The third kappa shape index (κ3) is 5.77. The summed E-state index contributed by atoms with van der Waals surface area (Å²) < 4.78 is 17.1. The zero-order valence-corrected chi connectivity index (χ0v) is 22.3. The molecule has 0 saturated heterocycles. The molecule has 0 amide bonds. The van der Waals surface area contributed by atoms with Crippen LogP contribution < -0.4 is 14.2 Å². The van der Waals surface area contributed by atoms with E-state index in [-0.39, 0.29) is 11.6 Å². The highest BCUT2D eigenvalue weighted by Crippen LogP contribution is 2.46. The molecule has 0 bridgehead atoms. The van der Waals surface area contributed by atoms with Crippen LogP contribution in [0.25, 0.3) is 0 Å². The van der Waals surface area contributed by atoms with Crippen molar-refractivity contribution in [3.8, 4) is 29.1 Å². The minimum Gasteiger partial charge on any atom is -0.508 e. The van der Waals surface area contributed by atoms with Crippen molar-refractivity contribution < 1.29 is 19.3 Å². The molecule has 0 spiro atoms. The van der Waals surface area contributed by atoms with E-state index in [1.165, 1.54) is 0 Å². The zero-order chi connectivity index (χ0) is 27.9. The Labute approximate surface area is 233 Å². The van der Waals surface area contributed by atoms with Crippen LogP contribution in [0.1, 0.15) is 28.2 Å². The molecular formula is C33H29N3O4. The molecular weight excluding hydrogens is 502 g/mol. The van der Waals surface area contributed by atoms with E-state index in [1.54, 1.807) is 38.8 Å². The molecule has 1 unspecified atom stereocenters. The number of allylic oxidation sites excluding steroid dienone is 1. The number of aliphatic imine (C=N–C) groups is 1. The molecule has 0 aliphatic carbocycles. The van der Waals surface area contributed by atoms with E-state index >= 15 is 0 Å². The number of methoxy groups -OCH3 is 2. The number of nitriles is 1. The standard InChI is InChI=1S/C33H29N3O4/c1-38-29-16-13-25(17-31(29)39-2)32-27-15-14-26(37)18-30(27)40-33(28(32)19-34)35-22-36(20-23-9-5-3-6-10-23)21-24-11-7-4-8-12-24/h3-18,22,32,37H,20-21H2,1-2H3. The lowest BCUT2D eigenvalue weighted by Gasteiger charge is -2.27. The average Bonchev–Trinajstić information content (AvgIpc) is 2.99. The minimum atomic E-state index is -0.488. The number of aromatic hydroxyl groups is 1. The van der Waals surface area contributed by atoms with E-state index in [4.69, 9.17) is 19.2 Å². The van der Waals surface area contributed by atoms with Crippen molar-refractivity contribution in [2.24, 2.45) is 4.99 Å². The largest absolute Gasteiger partial charge is 0.508 e. The molecule has 200 valence electrons. The monoisotopic (exact) mass is 531 g/mol. The maximum Gasteiger partial charge on any atom is 0.235 e. The van der Waals surface area contributed by atoms with Gasteiger partial charge in [-0.05, 0) is 34.9 Å². The first-order valence-corrected chi connectivity index (χ1v) is 12.8. The first-order chi connectivity index (χ1) is 19.6. The van der Waals surface area contributed by atoms with Gasteiger partial charge in [-0.1, -0.05) is 72.8 Å². The van der Waals surface area contributed by atoms with Gasteiger partial charge >= 0.3 is 0 Å². The van der Waals surface area contributed by atoms with Gasteiger partial charge in [-0.15, -0.1) is 0 Å². The number of phenolic OH excluding ortho intramolecular Hbond substituents is 1. The van der Waals surface area contributed by atoms with Crippen molar-refractivity contribution >= 4 is 6.34 Å². The topological polar surface area (TPSA) is 87.3 Å². The first-order valence-electron chi connectivity index (χ1n) is 12.8. The quantitative estimate of drug-likeness (QED) is 0.199. The summed E-state index contributed by atoms with van der Waals surface area (Å²) >= 11 is 0. The Morgan fingerprint density at radius 2 is 1.52 bits per heavy atom. The molecule has 0 fully saturated rings. The summed E-state index contributed by atoms with van der Waals surface area (Å²) in [4.78, 5) is 6.78. The SMILES string of the molecule is COc1ccc(C2C(C#N)=C(N=CN(Cc3ccccc3)Cc3ccccc3)Oc3cc(O)ccc32)cc1OC. The Morgan fingerprint density at radius 3 is 2.12 bits per heavy atom. The van der Waals surface area contributed by atoms with Crippen LogP contribution in [0.3, 0.4) is 0 Å². The van der Waals surface area contributed by atoms with E-state index in [0.717, 1.165) is 22.3 Å². The van der Waals surface area contributed by atoms with Crippen LogP contribution >= 0.6 is 0 Å².